The molecule has 0 aromatic rings. The van der Waals surface area contributed by atoms with Crippen LogP contribution in [0.1, 0.15) is 32.6 Å². The third-order valence-electron chi connectivity index (χ3n) is 3.79. The summed E-state index contributed by atoms with van der Waals surface area (Å²) in [6.45, 7) is 5.63. The van der Waals surface area contributed by atoms with Gasteiger partial charge in [-0.05, 0) is 32.6 Å². The first-order valence-electron chi connectivity index (χ1n) is 7.43. The van der Waals surface area contributed by atoms with E-state index in [9.17, 15) is 18.0 Å². The van der Waals surface area contributed by atoms with Gasteiger partial charge < -0.3 is 10.4 Å². The van der Waals surface area contributed by atoms with Gasteiger partial charge in [-0.3, -0.25) is 4.79 Å². The summed E-state index contributed by atoms with van der Waals surface area (Å²) in [5, 5.41) is 11.6. The highest BCUT2D eigenvalue weighted by atomic mass is 32.2. The lowest BCUT2D eigenvalue weighted by Gasteiger charge is -2.31. The van der Waals surface area contributed by atoms with Crippen molar-refractivity contribution in [3.8, 4) is 0 Å². The van der Waals surface area contributed by atoms with Crippen molar-refractivity contribution >= 4 is 21.9 Å². The van der Waals surface area contributed by atoms with Gasteiger partial charge in [0.2, 0.25) is 15.9 Å². The van der Waals surface area contributed by atoms with Crippen LogP contribution < -0.4 is 5.32 Å². The molecule has 8 heteroatoms. The predicted molar refractivity (Wildman–Crippen MR) is 82.8 cm³/mol. The Bertz CT molecular complexity index is 517. The van der Waals surface area contributed by atoms with Gasteiger partial charge in [0.05, 0.1) is 11.7 Å². The highest BCUT2D eigenvalue weighted by Crippen LogP contribution is 2.20. The van der Waals surface area contributed by atoms with Gasteiger partial charge in [-0.2, -0.15) is 0 Å². The third kappa shape index (κ3) is 5.10. The number of hydrogen-bond donors (Lipinski definition) is 2. The monoisotopic (exact) mass is 332 g/mol. The molecule has 2 atom stereocenters. The molecule has 1 fully saturated rings. The predicted octanol–water partition coefficient (Wildman–Crippen LogP) is 0.584. The number of piperidine rings is 1. The van der Waals surface area contributed by atoms with Crippen LogP contribution in [0, 0.1) is 5.92 Å². The number of allylic oxidation sites excluding steroid dienone is 1. The second kappa shape index (κ2) is 8.28. The van der Waals surface area contributed by atoms with E-state index in [0.29, 0.717) is 25.8 Å². The Morgan fingerprint density at radius 2 is 2.18 bits per heavy atom. The van der Waals surface area contributed by atoms with E-state index in [2.05, 4.69) is 11.9 Å². The largest absolute Gasteiger partial charge is 0.480 e. The average Bonchev–Trinajstić information content (AvgIpc) is 2.51. The number of carboxylic acid groups (broad SMARTS) is 1. The number of carboxylic acids is 1. The van der Waals surface area contributed by atoms with Crippen LogP contribution in [0.4, 0.5) is 0 Å². The summed E-state index contributed by atoms with van der Waals surface area (Å²) in [4.78, 5) is 23.4. The number of nitrogens with zero attached hydrogens (tertiary/aromatic N) is 1. The van der Waals surface area contributed by atoms with E-state index in [1.165, 1.54) is 4.31 Å². The zero-order valence-electron chi connectivity index (χ0n) is 12.8. The number of sulfonamides is 1. The van der Waals surface area contributed by atoms with E-state index in [0.717, 1.165) is 0 Å². The molecule has 0 aromatic heterocycles. The first-order valence-corrected chi connectivity index (χ1v) is 9.04. The minimum Gasteiger partial charge on any atom is -0.480 e. The second-order valence-electron chi connectivity index (χ2n) is 5.36. The lowest BCUT2D eigenvalue weighted by atomic mass is 9.98. The van der Waals surface area contributed by atoms with Crippen LogP contribution in [0.5, 0.6) is 0 Å². The van der Waals surface area contributed by atoms with Crippen molar-refractivity contribution in [1.29, 1.82) is 0 Å². The molecule has 0 radical (unpaired) electrons. The molecule has 1 saturated heterocycles. The Kier molecular flexibility index (Phi) is 7.02. The molecule has 2 N–H and O–H groups in total. The van der Waals surface area contributed by atoms with Crippen molar-refractivity contribution in [1.82, 2.24) is 9.62 Å². The van der Waals surface area contributed by atoms with Crippen LogP contribution in [-0.4, -0.2) is 54.6 Å². The van der Waals surface area contributed by atoms with Gasteiger partial charge in [0.15, 0.2) is 0 Å². The molecule has 0 bridgehead atoms. The number of rotatable bonds is 8. The van der Waals surface area contributed by atoms with Gasteiger partial charge in [-0.15, -0.1) is 6.58 Å². The molecule has 126 valence electrons. The van der Waals surface area contributed by atoms with Gasteiger partial charge in [0.1, 0.15) is 6.04 Å². The van der Waals surface area contributed by atoms with E-state index < -0.39 is 33.9 Å². The van der Waals surface area contributed by atoms with Gasteiger partial charge in [0.25, 0.3) is 0 Å². The summed E-state index contributed by atoms with van der Waals surface area (Å²) in [7, 11) is -3.32. The summed E-state index contributed by atoms with van der Waals surface area (Å²) in [6, 6.07) is -0.969. The summed E-state index contributed by atoms with van der Waals surface area (Å²) in [5.41, 5.74) is 0. The Labute approximate surface area is 131 Å². The Balaban J connectivity index is 2.67. The van der Waals surface area contributed by atoms with Crippen molar-refractivity contribution in [3.05, 3.63) is 12.7 Å². The quantitative estimate of drug-likeness (QED) is 0.633. The summed E-state index contributed by atoms with van der Waals surface area (Å²) >= 11 is 0. The molecule has 0 aliphatic carbocycles. The smallest absolute Gasteiger partial charge is 0.326 e. The summed E-state index contributed by atoms with van der Waals surface area (Å²) in [5.74, 6) is -1.99. The van der Waals surface area contributed by atoms with E-state index in [-0.39, 0.29) is 18.7 Å². The number of carbonyl (C=O) groups excluding carboxylic acids is 1. The number of nitrogens with one attached hydrogen (secondary N) is 1. The van der Waals surface area contributed by atoms with Gasteiger partial charge in [-0.25, -0.2) is 17.5 Å². The molecule has 1 heterocycles. The SMILES string of the molecule is C=CCCC(NC(=O)C1CCCN(S(=O)(=O)CC)C1)C(=O)O. The topological polar surface area (TPSA) is 104 Å². The Morgan fingerprint density at radius 3 is 2.73 bits per heavy atom. The fraction of sp³-hybridized carbons (Fsp3) is 0.714. The molecule has 1 rings (SSSR count). The minimum absolute atomic E-state index is 0.00156. The first-order chi connectivity index (χ1) is 10.3. The maximum absolute atomic E-state index is 12.2. The number of amides is 1. The molecule has 1 amide bonds. The lowest BCUT2D eigenvalue weighted by Crippen LogP contribution is -2.49. The van der Waals surface area contributed by atoms with Crippen LogP contribution in [0.25, 0.3) is 0 Å². The minimum atomic E-state index is -3.32. The van der Waals surface area contributed by atoms with Gasteiger partial charge >= 0.3 is 5.97 Å². The zero-order valence-corrected chi connectivity index (χ0v) is 13.6. The van der Waals surface area contributed by atoms with Crippen LogP contribution >= 0.6 is 0 Å². The molecule has 1 aliphatic rings. The van der Waals surface area contributed by atoms with E-state index in [1.54, 1.807) is 13.0 Å². The fourth-order valence-electron chi connectivity index (χ4n) is 2.42. The molecule has 7 nitrogen and oxygen atoms in total. The number of hydrogen-bond acceptors (Lipinski definition) is 4. The fourth-order valence-corrected chi connectivity index (χ4v) is 3.60. The third-order valence-corrected chi connectivity index (χ3v) is 5.64. The molecule has 0 spiro atoms. The molecule has 2 unspecified atom stereocenters. The first kappa shape index (κ1) is 18.6. The molecule has 0 aromatic carbocycles. The van der Waals surface area contributed by atoms with Crippen molar-refractivity contribution in [3.63, 3.8) is 0 Å². The van der Waals surface area contributed by atoms with Crippen LogP contribution in [0.15, 0.2) is 12.7 Å². The second-order valence-corrected chi connectivity index (χ2v) is 7.62. The average molecular weight is 332 g/mol. The van der Waals surface area contributed by atoms with Crippen molar-refractivity contribution in [2.45, 2.75) is 38.6 Å². The standard InChI is InChI=1S/C14H24N2O5S/c1-3-5-8-12(14(18)19)15-13(17)11-7-6-9-16(10-11)22(20,21)4-2/h3,11-12H,1,4-10H2,2H3,(H,15,17)(H,18,19). The Hall–Kier alpha value is -1.41. The zero-order chi connectivity index (χ0) is 16.8. The highest BCUT2D eigenvalue weighted by Gasteiger charge is 2.32. The molecule has 1 aliphatic heterocycles. The normalized spacial score (nSPS) is 21.0. The van der Waals surface area contributed by atoms with E-state index >= 15 is 0 Å². The van der Waals surface area contributed by atoms with Crippen LogP contribution in [0.3, 0.4) is 0 Å². The highest BCUT2D eigenvalue weighted by molar-refractivity contribution is 7.89. The number of carbonyl (C=O) groups is 2. The van der Waals surface area contributed by atoms with E-state index in [1.807, 2.05) is 0 Å². The Morgan fingerprint density at radius 1 is 1.50 bits per heavy atom. The molecular weight excluding hydrogens is 308 g/mol. The van der Waals surface area contributed by atoms with Crippen molar-refractivity contribution in [2.24, 2.45) is 5.92 Å². The number of aliphatic carboxylic acids is 1. The van der Waals surface area contributed by atoms with Crippen LogP contribution in [-0.2, 0) is 19.6 Å². The molecular formula is C14H24N2O5S. The van der Waals surface area contributed by atoms with Crippen molar-refractivity contribution < 1.29 is 23.1 Å². The van der Waals surface area contributed by atoms with Crippen molar-refractivity contribution in [2.75, 3.05) is 18.8 Å². The lowest BCUT2D eigenvalue weighted by molar-refractivity contribution is -0.142. The van der Waals surface area contributed by atoms with E-state index in [4.69, 9.17) is 5.11 Å². The molecule has 22 heavy (non-hydrogen) atoms. The van der Waals surface area contributed by atoms with Crippen LogP contribution in [0.2, 0.25) is 0 Å². The summed E-state index contributed by atoms with van der Waals surface area (Å²) < 4.78 is 25.1. The maximum Gasteiger partial charge on any atom is 0.326 e. The van der Waals surface area contributed by atoms with Gasteiger partial charge in [-0.1, -0.05) is 6.08 Å². The van der Waals surface area contributed by atoms with Gasteiger partial charge in [0, 0.05) is 13.1 Å². The summed E-state index contributed by atoms with van der Waals surface area (Å²) in [6.07, 6.45) is 3.52. The molecule has 0 saturated carbocycles. The maximum atomic E-state index is 12.2.